The molecule has 0 aromatic rings. The van der Waals surface area contributed by atoms with Crippen LogP contribution in [0.5, 0.6) is 0 Å². The Kier molecular flexibility index (Phi) is 252. The molecule has 4 radical (unpaired) electrons. The summed E-state index contributed by atoms with van der Waals surface area (Å²) >= 11 is 0. The summed E-state index contributed by atoms with van der Waals surface area (Å²) in [4.78, 5) is 0. The summed E-state index contributed by atoms with van der Waals surface area (Å²) in [6, 6.07) is 0. The van der Waals surface area contributed by atoms with E-state index in [1.807, 2.05) is 0 Å². The van der Waals surface area contributed by atoms with Gasteiger partial charge in [0.2, 0.25) is 0 Å². The Morgan fingerprint density at radius 2 is 1.00 bits per heavy atom. The van der Waals surface area contributed by atoms with Crippen LogP contribution in [-0.4, -0.2) is 53.5 Å². The van der Waals surface area contributed by atoms with Gasteiger partial charge in [-0.1, -0.05) is 0 Å². The van der Waals surface area contributed by atoms with Gasteiger partial charge in [-0.05, 0) is 0 Å². The second-order valence-corrected chi connectivity index (χ2v) is 0. The summed E-state index contributed by atoms with van der Waals surface area (Å²) in [5.41, 5.74) is 0. The maximum atomic E-state index is 0. The van der Waals surface area contributed by atoms with Gasteiger partial charge in [-0.3, -0.25) is 0 Å². The van der Waals surface area contributed by atoms with Crippen molar-refractivity contribution >= 4 is 53.5 Å². The molecule has 0 atom stereocenters. The van der Waals surface area contributed by atoms with E-state index in [4.69, 9.17) is 0 Å². The zero-order chi connectivity index (χ0) is 0. The van der Waals surface area contributed by atoms with Crippen molar-refractivity contribution in [2.24, 2.45) is 0 Å². The number of hydrogen-bond acceptors (Lipinski definition) is 0. The molecule has 0 saturated heterocycles. The van der Waals surface area contributed by atoms with Gasteiger partial charge in [0.15, 0.2) is 0 Å². The average Bonchev–Trinajstić information content (AvgIpc) is 0. The average molecular weight is 734 g/mol. The molecule has 0 aliphatic heterocycles. The fraction of sp³-hybridized carbons (Fsp3) is 0. The molecule has 0 nitrogen and oxygen atoms in total. The molecule has 0 fully saturated rings. The summed E-state index contributed by atoms with van der Waals surface area (Å²) in [7, 11) is 0. The van der Waals surface area contributed by atoms with E-state index in [0.29, 0.717) is 0 Å². The molecule has 44 valence electrons. The SMILES string of the molecule is [BiH3].[Ce].[Co].[Mn].[Ni].[PbH2]. The maximum absolute atomic E-state index is 0. The third-order valence-electron chi connectivity index (χ3n) is 0. The molecule has 0 aromatic heterocycles. The monoisotopic (exact) mass is 734 g/mol. The van der Waals surface area contributed by atoms with Crippen LogP contribution in [0.3, 0.4) is 0 Å². The van der Waals surface area contributed by atoms with E-state index >= 15 is 0 Å². The Hall–Kier alpha value is 4.70. The van der Waals surface area contributed by atoms with Crippen molar-refractivity contribution in [3.8, 4) is 0 Å². The summed E-state index contributed by atoms with van der Waals surface area (Å²) < 4.78 is 0. The molecule has 0 aromatic carbocycles. The minimum atomic E-state index is 0. The van der Waals surface area contributed by atoms with Crippen LogP contribution in [0.15, 0.2) is 0 Å². The molecule has 0 unspecified atom stereocenters. The van der Waals surface area contributed by atoms with Gasteiger partial charge < -0.3 is 0 Å². The van der Waals surface area contributed by atoms with Crippen LogP contribution >= 0.6 is 0 Å². The van der Waals surface area contributed by atoms with E-state index in [2.05, 4.69) is 0 Å². The molecule has 0 aliphatic rings. The first-order valence-electron chi connectivity index (χ1n) is 0. The van der Waals surface area contributed by atoms with Crippen LogP contribution in [0, 0.1) is 41.7 Å². The van der Waals surface area contributed by atoms with Crippen LogP contribution < -0.4 is 0 Å². The van der Waals surface area contributed by atoms with E-state index < -0.39 is 0 Å². The molecule has 0 aliphatic carbocycles. The van der Waals surface area contributed by atoms with Gasteiger partial charge in [-0.2, -0.15) is 0 Å². The van der Waals surface area contributed by atoms with Gasteiger partial charge in [0.05, 0.1) is 0 Å². The van der Waals surface area contributed by atoms with E-state index in [9.17, 15) is 0 Å². The molecule has 0 N–H and O–H groups in total. The zero-order valence-electron chi connectivity index (χ0n) is 2.94. The molecule has 0 saturated carbocycles. The van der Waals surface area contributed by atoms with Gasteiger partial charge in [-0.15, -0.1) is 0 Å². The van der Waals surface area contributed by atoms with Crippen LogP contribution in [0.2, 0.25) is 0 Å². The van der Waals surface area contributed by atoms with Crippen LogP contribution in [0.1, 0.15) is 0 Å². The molecular weight excluding hydrogens is 729 g/mol. The normalized spacial score (nSPS) is 0. The Morgan fingerprint density at radius 3 is 1.00 bits per heavy atom. The molecule has 6 heteroatoms. The quantitative estimate of drug-likeness (QED) is 0.251. The van der Waals surface area contributed by atoms with Gasteiger partial charge in [0.25, 0.3) is 0 Å². The summed E-state index contributed by atoms with van der Waals surface area (Å²) in [5.74, 6) is 0. The minimum absolute atomic E-state index is 0. The first kappa shape index (κ1) is 45.6. The third-order valence-corrected chi connectivity index (χ3v) is 0. The van der Waals surface area contributed by atoms with Crippen molar-refractivity contribution < 1.29 is 92.1 Å². The molecule has 0 heterocycles. The number of rotatable bonds is 0. The Labute approximate surface area is 142 Å². The second kappa shape index (κ2) is 33.2. The van der Waals surface area contributed by atoms with Gasteiger partial charge in [0.1, 0.15) is 0 Å². The van der Waals surface area contributed by atoms with Gasteiger partial charge in [-0.25, -0.2) is 0 Å². The first-order valence-corrected chi connectivity index (χ1v) is 0. The van der Waals surface area contributed by atoms with Crippen molar-refractivity contribution in [3.63, 3.8) is 0 Å². The van der Waals surface area contributed by atoms with E-state index in [0.717, 1.165) is 0 Å². The first-order chi connectivity index (χ1) is 0. The van der Waals surface area contributed by atoms with Gasteiger partial charge >= 0.3 is 53.5 Å². The topological polar surface area (TPSA) is 0 Å². The fourth-order valence-electron chi connectivity index (χ4n) is 0. The van der Waals surface area contributed by atoms with Crippen molar-refractivity contribution in [2.45, 2.75) is 0 Å². The third kappa shape index (κ3) is 23.3. The molecular formula is H5BiCeCoMnNiPb. The van der Waals surface area contributed by atoms with E-state index in [1.54, 1.807) is 0 Å². The Balaban J connectivity index is 0. The summed E-state index contributed by atoms with van der Waals surface area (Å²) in [6.45, 7) is 0. The van der Waals surface area contributed by atoms with Crippen molar-refractivity contribution in [2.75, 3.05) is 0 Å². The predicted octanol–water partition coefficient (Wildman–Crippen LogP) is -2.11. The van der Waals surface area contributed by atoms with Crippen LogP contribution in [-0.2, 0) is 50.3 Å². The molecule has 0 bridgehead atoms. The van der Waals surface area contributed by atoms with Crippen LogP contribution in [0.4, 0.5) is 0 Å². The summed E-state index contributed by atoms with van der Waals surface area (Å²) in [5, 5.41) is 0. The van der Waals surface area contributed by atoms with E-state index in [-0.39, 0.29) is 146 Å². The van der Waals surface area contributed by atoms with E-state index in [1.165, 1.54) is 0 Å². The molecule has 6 heavy (non-hydrogen) atoms. The Morgan fingerprint density at radius 1 is 1.00 bits per heavy atom. The predicted molar refractivity (Wildman–Crippen MR) is 18.5 cm³/mol. The standard InChI is InChI=1S/Bi.Ce.Co.Mn.Ni.Pb.5H. The summed E-state index contributed by atoms with van der Waals surface area (Å²) in [6.07, 6.45) is 0. The van der Waals surface area contributed by atoms with Crippen molar-refractivity contribution in [1.29, 1.82) is 0 Å². The molecule has 0 rings (SSSR count). The second-order valence-electron chi connectivity index (χ2n) is 0. The van der Waals surface area contributed by atoms with Gasteiger partial charge in [0, 0.05) is 92.1 Å². The zero-order valence-corrected chi connectivity index (χ0v) is 20.3. The molecule has 0 amide bonds. The Bertz CT molecular complexity index is 15.5. The van der Waals surface area contributed by atoms with Crippen molar-refractivity contribution in [3.05, 3.63) is 0 Å². The number of hydrogen-bond donors (Lipinski definition) is 0. The molecule has 0 spiro atoms. The fourth-order valence-corrected chi connectivity index (χ4v) is 0. The van der Waals surface area contributed by atoms with Crippen molar-refractivity contribution in [1.82, 2.24) is 0 Å². The van der Waals surface area contributed by atoms with Crippen LogP contribution in [0.25, 0.3) is 0 Å².